The molecule has 0 aliphatic heterocycles. The molecule has 0 atom stereocenters. The van der Waals surface area contributed by atoms with Crippen molar-refractivity contribution in [2.75, 3.05) is 12.0 Å². The minimum absolute atomic E-state index is 0.0940. The van der Waals surface area contributed by atoms with Gasteiger partial charge in [-0.3, -0.25) is 4.79 Å². The van der Waals surface area contributed by atoms with Gasteiger partial charge in [-0.05, 0) is 48.2 Å². The number of thioether (sulfide) groups is 2. The Morgan fingerprint density at radius 3 is 2.43 bits per heavy atom. The molecular formula is C17H17ClN2OS2. The summed E-state index contributed by atoms with van der Waals surface area (Å²) in [4.78, 5) is 14.0. The summed E-state index contributed by atoms with van der Waals surface area (Å²) in [5, 5.41) is 4.69. The lowest BCUT2D eigenvalue weighted by atomic mass is 10.2. The number of rotatable bonds is 7. The summed E-state index contributed by atoms with van der Waals surface area (Å²) in [6, 6.07) is 15.6. The Bertz CT molecular complexity index is 657. The van der Waals surface area contributed by atoms with Crippen molar-refractivity contribution >= 4 is 47.2 Å². The summed E-state index contributed by atoms with van der Waals surface area (Å²) >= 11 is 9.14. The number of hydrazone groups is 1. The van der Waals surface area contributed by atoms with Crippen LogP contribution in [0.3, 0.4) is 0 Å². The van der Waals surface area contributed by atoms with Gasteiger partial charge in [-0.2, -0.15) is 5.10 Å². The second kappa shape index (κ2) is 9.65. The molecule has 120 valence electrons. The molecule has 0 saturated heterocycles. The highest BCUT2D eigenvalue weighted by Gasteiger charge is 2.01. The van der Waals surface area contributed by atoms with Gasteiger partial charge in [-0.25, -0.2) is 5.43 Å². The number of hydrogen-bond donors (Lipinski definition) is 1. The number of halogens is 1. The van der Waals surface area contributed by atoms with Gasteiger partial charge in [0.15, 0.2) is 0 Å². The average Bonchev–Trinajstić information content (AvgIpc) is 2.57. The van der Waals surface area contributed by atoms with Crippen LogP contribution >= 0.6 is 35.1 Å². The molecule has 0 spiro atoms. The van der Waals surface area contributed by atoms with Gasteiger partial charge < -0.3 is 0 Å². The van der Waals surface area contributed by atoms with Crippen LogP contribution in [0.5, 0.6) is 0 Å². The average molecular weight is 365 g/mol. The van der Waals surface area contributed by atoms with E-state index in [0.29, 0.717) is 17.2 Å². The maximum absolute atomic E-state index is 11.7. The van der Waals surface area contributed by atoms with Gasteiger partial charge in [-0.1, -0.05) is 23.7 Å². The normalized spacial score (nSPS) is 10.9. The Morgan fingerprint density at radius 1 is 1.13 bits per heavy atom. The van der Waals surface area contributed by atoms with Gasteiger partial charge in [0.2, 0.25) is 5.91 Å². The molecule has 2 rings (SSSR count). The van der Waals surface area contributed by atoms with E-state index in [4.69, 9.17) is 11.6 Å². The Morgan fingerprint density at radius 2 is 1.78 bits per heavy atom. The molecule has 0 heterocycles. The molecule has 0 unspecified atom stereocenters. The zero-order valence-electron chi connectivity index (χ0n) is 12.7. The topological polar surface area (TPSA) is 41.5 Å². The Hall–Kier alpha value is -1.43. The molecular weight excluding hydrogens is 348 g/mol. The van der Waals surface area contributed by atoms with E-state index in [0.717, 1.165) is 10.5 Å². The van der Waals surface area contributed by atoms with E-state index in [1.54, 1.807) is 29.7 Å². The Labute approximate surface area is 149 Å². The largest absolute Gasteiger partial charge is 0.273 e. The van der Waals surface area contributed by atoms with E-state index in [-0.39, 0.29) is 5.91 Å². The highest BCUT2D eigenvalue weighted by molar-refractivity contribution is 7.99. The molecule has 6 heteroatoms. The van der Waals surface area contributed by atoms with Gasteiger partial charge in [0.25, 0.3) is 0 Å². The number of hydrogen-bond acceptors (Lipinski definition) is 4. The van der Waals surface area contributed by atoms with Crippen molar-refractivity contribution in [2.45, 2.75) is 16.2 Å². The van der Waals surface area contributed by atoms with Crippen LogP contribution in [0.25, 0.3) is 0 Å². The molecule has 1 amide bonds. The standard InChI is InChI=1S/C17H17ClN2OS2/c1-22-15-6-2-13(3-7-15)12-19-20-17(21)10-11-23-16-8-4-14(18)5-9-16/h2-9,12H,10-11H2,1H3,(H,20,21)/b19-12+. The van der Waals surface area contributed by atoms with E-state index in [1.807, 2.05) is 54.8 Å². The summed E-state index contributed by atoms with van der Waals surface area (Å²) < 4.78 is 0. The highest BCUT2D eigenvalue weighted by Crippen LogP contribution is 2.20. The van der Waals surface area contributed by atoms with Gasteiger partial charge in [0, 0.05) is 27.0 Å². The minimum atomic E-state index is -0.0940. The molecule has 23 heavy (non-hydrogen) atoms. The Balaban J connectivity index is 1.69. The molecule has 3 nitrogen and oxygen atoms in total. The second-order valence-corrected chi connectivity index (χ2v) is 7.10. The predicted molar refractivity (Wildman–Crippen MR) is 101 cm³/mol. The zero-order chi connectivity index (χ0) is 16.5. The second-order valence-electron chi connectivity index (χ2n) is 4.62. The van der Waals surface area contributed by atoms with Crippen molar-refractivity contribution < 1.29 is 4.79 Å². The van der Waals surface area contributed by atoms with Gasteiger partial charge in [0.05, 0.1) is 6.21 Å². The van der Waals surface area contributed by atoms with E-state index < -0.39 is 0 Å². The highest BCUT2D eigenvalue weighted by atomic mass is 35.5. The van der Waals surface area contributed by atoms with E-state index in [2.05, 4.69) is 10.5 Å². The maximum atomic E-state index is 11.7. The molecule has 0 fully saturated rings. The number of nitrogens with one attached hydrogen (secondary N) is 1. The van der Waals surface area contributed by atoms with Gasteiger partial charge in [-0.15, -0.1) is 23.5 Å². The molecule has 2 aromatic rings. The fourth-order valence-electron chi connectivity index (χ4n) is 1.72. The molecule has 0 aliphatic rings. The van der Waals surface area contributed by atoms with Crippen molar-refractivity contribution in [3.8, 4) is 0 Å². The maximum Gasteiger partial charge on any atom is 0.240 e. The first-order valence-corrected chi connectivity index (χ1v) is 9.60. The molecule has 0 aromatic heterocycles. The lowest BCUT2D eigenvalue weighted by molar-refractivity contribution is -0.120. The van der Waals surface area contributed by atoms with Crippen LogP contribution in [0.4, 0.5) is 0 Å². The van der Waals surface area contributed by atoms with Crippen LogP contribution in [0.15, 0.2) is 63.4 Å². The van der Waals surface area contributed by atoms with Crippen molar-refractivity contribution in [1.82, 2.24) is 5.43 Å². The molecule has 0 bridgehead atoms. The van der Waals surface area contributed by atoms with Crippen molar-refractivity contribution in [1.29, 1.82) is 0 Å². The number of amides is 1. The van der Waals surface area contributed by atoms with Crippen LogP contribution in [0, 0.1) is 0 Å². The van der Waals surface area contributed by atoms with Crippen molar-refractivity contribution in [3.63, 3.8) is 0 Å². The zero-order valence-corrected chi connectivity index (χ0v) is 15.0. The first kappa shape index (κ1) is 17.9. The lowest BCUT2D eigenvalue weighted by Gasteiger charge is -2.01. The molecule has 2 aromatic carbocycles. The van der Waals surface area contributed by atoms with Gasteiger partial charge >= 0.3 is 0 Å². The fourth-order valence-corrected chi connectivity index (χ4v) is 3.10. The smallest absolute Gasteiger partial charge is 0.240 e. The minimum Gasteiger partial charge on any atom is -0.273 e. The Kier molecular flexibility index (Phi) is 7.52. The van der Waals surface area contributed by atoms with Crippen LogP contribution in [-0.2, 0) is 4.79 Å². The lowest BCUT2D eigenvalue weighted by Crippen LogP contribution is -2.17. The SMILES string of the molecule is CSc1ccc(/C=N/NC(=O)CCSc2ccc(Cl)cc2)cc1. The summed E-state index contributed by atoms with van der Waals surface area (Å²) in [5.74, 6) is 0.606. The van der Waals surface area contributed by atoms with Crippen LogP contribution in [-0.4, -0.2) is 24.1 Å². The van der Waals surface area contributed by atoms with E-state index >= 15 is 0 Å². The fraction of sp³-hybridized carbons (Fsp3) is 0.176. The predicted octanol–water partition coefficient (Wildman–Crippen LogP) is 4.69. The summed E-state index contributed by atoms with van der Waals surface area (Å²) in [7, 11) is 0. The van der Waals surface area contributed by atoms with Crippen LogP contribution in [0.2, 0.25) is 5.02 Å². The molecule has 0 saturated carbocycles. The number of benzene rings is 2. The summed E-state index contributed by atoms with van der Waals surface area (Å²) in [5.41, 5.74) is 3.50. The number of nitrogens with zero attached hydrogens (tertiary/aromatic N) is 1. The summed E-state index contributed by atoms with van der Waals surface area (Å²) in [6.07, 6.45) is 4.09. The summed E-state index contributed by atoms with van der Waals surface area (Å²) in [6.45, 7) is 0. The first-order chi connectivity index (χ1) is 11.2. The first-order valence-electron chi connectivity index (χ1n) is 7.02. The molecule has 1 N–H and O–H groups in total. The quantitative estimate of drug-likeness (QED) is 0.440. The molecule has 0 aliphatic carbocycles. The number of carbonyl (C=O) groups excluding carboxylic acids is 1. The van der Waals surface area contributed by atoms with Crippen molar-refractivity contribution in [2.24, 2.45) is 5.10 Å². The third kappa shape index (κ3) is 6.69. The third-order valence-corrected chi connectivity index (χ3v) is 4.94. The van der Waals surface area contributed by atoms with Crippen LogP contribution in [0.1, 0.15) is 12.0 Å². The molecule has 0 radical (unpaired) electrons. The van der Waals surface area contributed by atoms with Gasteiger partial charge in [0.1, 0.15) is 0 Å². The van der Waals surface area contributed by atoms with E-state index in [1.165, 1.54) is 4.90 Å². The monoisotopic (exact) mass is 364 g/mol. The third-order valence-electron chi connectivity index (χ3n) is 2.93. The van der Waals surface area contributed by atoms with Crippen molar-refractivity contribution in [3.05, 3.63) is 59.1 Å². The van der Waals surface area contributed by atoms with Crippen LogP contribution < -0.4 is 5.43 Å². The van der Waals surface area contributed by atoms with E-state index in [9.17, 15) is 4.79 Å². The number of carbonyl (C=O) groups is 1.